The predicted octanol–water partition coefficient (Wildman–Crippen LogP) is 1.49. The molecule has 2 rings (SSSR count). The molecule has 0 aliphatic heterocycles. The third-order valence-electron chi connectivity index (χ3n) is 2.02. The van der Waals surface area contributed by atoms with E-state index >= 15 is 0 Å². The highest BCUT2D eigenvalue weighted by Gasteiger charge is 2.06. The molecule has 0 saturated heterocycles. The van der Waals surface area contributed by atoms with Gasteiger partial charge in [0.15, 0.2) is 0 Å². The van der Waals surface area contributed by atoms with Crippen LogP contribution in [-0.2, 0) is 0 Å². The molecule has 0 spiro atoms. The molecular formula is C11H11ClN6S. The van der Waals surface area contributed by atoms with Crippen LogP contribution in [-0.4, -0.2) is 42.8 Å². The first kappa shape index (κ1) is 13.6. The van der Waals surface area contributed by atoms with Crippen LogP contribution in [0, 0.1) is 12.3 Å². The van der Waals surface area contributed by atoms with Gasteiger partial charge in [-0.25, -0.2) is 4.68 Å². The van der Waals surface area contributed by atoms with Crippen LogP contribution in [0.2, 0.25) is 5.28 Å². The zero-order valence-electron chi connectivity index (χ0n) is 9.95. The first-order valence-corrected chi connectivity index (χ1v) is 6.99. The number of anilines is 1. The zero-order chi connectivity index (χ0) is 13.5. The van der Waals surface area contributed by atoms with Crippen LogP contribution < -0.4 is 5.32 Å². The first-order valence-electron chi connectivity index (χ1n) is 5.46. The van der Waals surface area contributed by atoms with E-state index < -0.39 is 0 Å². The Morgan fingerprint density at radius 3 is 3.05 bits per heavy atom. The maximum absolute atomic E-state index is 5.85. The number of nitrogens with zero attached hydrogens (tertiary/aromatic N) is 5. The minimum Gasteiger partial charge on any atom is -0.353 e. The lowest BCUT2D eigenvalue weighted by atomic mass is 10.7. The van der Waals surface area contributed by atoms with E-state index in [2.05, 4.69) is 31.3 Å². The molecule has 0 aliphatic rings. The second-order valence-electron chi connectivity index (χ2n) is 3.36. The number of nitrogens with one attached hydrogen (secondary N) is 1. The van der Waals surface area contributed by atoms with Gasteiger partial charge in [-0.15, -0.1) is 18.2 Å². The van der Waals surface area contributed by atoms with Gasteiger partial charge in [0.2, 0.25) is 11.2 Å². The lowest BCUT2D eigenvalue weighted by Gasteiger charge is -2.06. The predicted molar refractivity (Wildman–Crippen MR) is 76.6 cm³/mol. The Kier molecular flexibility index (Phi) is 5.01. The molecule has 0 saturated carbocycles. The molecule has 0 bridgehead atoms. The third kappa shape index (κ3) is 4.12. The Bertz CT molecular complexity index is 565. The molecule has 0 amide bonds. The number of hydrogen-bond acceptors (Lipinski definition) is 6. The summed E-state index contributed by atoms with van der Waals surface area (Å²) in [7, 11) is 0. The van der Waals surface area contributed by atoms with Gasteiger partial charge < -0.3 is 5.32 Å². The lowest BCUT2D eigenvalue weighted by Crippen LogP contribution is -2.11. The summed E-state index contributed by atoms with van der Waals surface area (Å²) >= 11 is 7.51. The maximum Gasteiger partial charge on any atom is 0.256 e. The highest BCUT2D eigenvalue weighted by molar-refractivity contribution is 7.99. The average Bonchev–Trinajstić information content (AvgIpc) is 2.92. The number of aromatic nitrogens is 5. The van der Waals surface area contributed by atoms with Crippen LogP contribution >= 0.6 is 23.4 Å². The summed E-state index contributed by atoms with van der Waals surface area (Å²) in [5.41, 5.74) is 0. The summed E-state index contributed by atoms with van der Waals surface area (Å²) in [6, 6.07) is 1.78. The van der Waals surface area contributed by atoms with Gasteiger partial charge in [-0.2, -0.15) is 20.1 Å². The molecule has 2 aromatic rings. The monoisotopic (exact) mass is 294 g/mol. The van der Waals surface area contributed by atoms with Gasteiger partial charge in [-0.05, 0) is 17.7 Å². The largest absolute Gasteiger partial charge is 0.353 e. The van der Waals surface area contributed by atoms with Crippen LogP contribution in [0.3, 0.4) is 0 Å². The fourth-order valence-corrected chi connectivity index (χ4v) is 1.94. The van der Waals surface area contributed by atoms with Crippen molar-refractivity contribution in [1.82, 2.24) is 24.7 Å². The molecule has 0 aliphatic carbocycles. The van der Waals surface area contributed by atoms with Crippen molar-refractivity contribution in [2.75, 3.05) is 23.4 Å². The van der Waals surface area contributed by atoms with E-state index in [1.807, 2.05) is 0 Å². The van der Waals surface area contributed by atoms with Gasteiger partial charge in [-0.1, -0.05) is 5.92 Å². The molecule has 0 atom stereocenters. The fraction of sp³-hybridized carbons (Fsp3) is 0.273. The molecule has 0 fully saturated rings. The summed E-state index contributed by atoms with van der Waals surface area (Å²) in [6.07, 6.45) is 8.54. The molecular weight excluding hydrogens is 284 g/mol. The molecule has 19 heavy (non-hydrogen) atoms. The lowest BCUT2D eigenvalue weighted by molar-refractivity contribution is 0.796. The van der Waals surface area contributed by atoms with Crippen LogP contribution in [0.25, 0.3) is 5.95 Å². The van der Waals surface area contributed by atoms with Gasteiger partial charge in [0.05, 0.1) is 5.75 Å². The van der Waals surface area contributed by atoms with E-state index in [1.165, 1.54) is 4.68 Å². The van der Waals surface area contributed by atoms with Crippen LogP contribution in [0.4, 0.5) is 5.95 Å². The van der Waals surface area contributed by atoms with E-state index in [-0.39, 0.29) is 5.28 Å². The normalized spacial score (nSPS) is 10.1. The van der Waals surface area contributed by atoms with Crippen molar-refractivity contribution in [1.29, 1.82) is 0 Å². The number of thioether (sulfide) groups is 1. The molecule has 0 aromatic carbocycles. The molecule has 1 N–H and O–H groups in total. The van der Waals surface area contributed by atoms with Crippen LogP contribution in [0.1, 0.15) is 0 Å². The highest BCUT2D eigenvalue weighted by Crippen LogP contribution is 2.09. The Morgan fingerprint density at radius 2 is 2.32 bits per heavy atom. The molecule has 0 radical (unpaired) electrons. The quantitative estimate of drug-likeness (QED) is 0.643. The number of terminal acetylenes is 1. The van der Waals surface area contributed by atoms with Crippen molar-refractivity contribution in [3.05, 3.63) is 23.7 Å². The van der Waals surface area contributed by atoms with Crippen LogP contribution in [0.5, 0.6) is 0 Å². The minimum absolute atomic E-state index is 0.124. The fourth-order valence-electron chi connectivity index (χ4n) is 1.27. The summed E-state index contributed by atoms with van der Waals surface area (Å²) in [5, 5.41) is 7.23. The number of hydrogen-bond donors (Lipinski definition) is 1. The van der Waals surface area contributed by atoms with Crippen LogP contribution in [0.15, 0.2) is 18.5 Å². The van der Waals surface area contributed by atoms with E-state index in [0.29, 0.717) is 24.2 Å². The Morgan fingerprint density at radius 1 is 1.42 bits per heavy atom. The van der Waals surface area contributed by atoms with Gasteiger partial charge in [0.1, 0.15) is 0 Å². The Balaban J connectivity index is 2.00. The number of rotatable bonds is 6. The van der Waals surface area contributed by atoms with Gasteiger partial charge in [0.25, 0.3) is 5.95 Å². The maximum atomic E-state index is 5.85. The van der Waals surface area contributed by atoms with E-state index in [0.717, 1.165) is 5.75 Å². The van der Waals surface area contributed by atoms with Crippen molar-refractivity contribution in [3.8, 4) is 18.3 Å². The molecule has 2 aromatic heterocycles. The molecule has 0 unspecified atom stereocenters. The Hall–Kier alpha value is -1.78. The summed E-state index contributed by atoms with van der Waals surface area (Å²) < 4.78 is 1.52. The highest BCUT2D eigenvalue weighted by atomic mass is 35.5. The third-order valence-corrected chi connectivity index (χ3v) is 3.05. The second kappa shape index (κ2) is 6.97. The van der Waals surface area contributed by atoms with Crippen molar-refractivity contribution in [2.45, 2.75) is 0 Å². The van der Waals surface area contributed by atoms with E-state index in [1.54, 1.807) is 30.2 Å². The first-order chi connectivity index (χ1) is 9.29. The van der Waals surface area contributed by atoms with E-state index in [4.69, 9.17) is 18.0 Å². The van der Waals surface area contributed by atoms with Gasteiger partial charge in [0, 0.05) is 24.7 Å². The average molecular weight is 295 g/mol. The zero-order valence-corrected chi connectivity index (χ0v) is 11.5. The van der Waals surface area contributed by atoms with Crippen molar-refractivity contribution >= 4 is 29.3 Å². The molecule has 2 heterocycles. The van der Waals surface area contributed by atoms with E-state index in [9.17, 15) is 0 Å². The van der Waals surface area contributed by atoms with Crippen molar-refractivity contribution in [2.24, 2.45) is 0 Å². The second-order valence-corrected chi connectivity index (χ2v) is 4.81. The summed E-state index contributed by atoms with van der Waals surface area (Å²) in [4.78, 5) is 12.2. The van der Waals surface area contributed by atoms with Gasteiger partial charge in [-0.3, -0.25) is 0 Å². The minimum atomic E-state index is 0.124. The standard InChI is InChI=1S/C11H11ClN6S/c1-2-7-19-8-5-13-10-15-9(12)16-11(17-10)18-6-3-4-14-18/h1,3-4,6H,5,7-8H2,(H,13,15,16,17). The van der Waals surface area contributed by atoms with Gasteiger partial charge >= 0.3 is 0 Å². The molecule has 8 heteroatoms. The number of halogens is 1. The summed E-state index contributed by atoms with van der Waals surface area (Å²) in [5.74, 6) is 4.92. The smallest absolute Gasteiger partial charge is 0.256 e. The summed E-state index contributed by atoms with van der Waals surface area (Å²) in [6.45, 7) is 0.700. The van der Waals surface area contributed by atoms with Crippen molar-refractivity contribution in [3.63, 3.8) is 0 Å². The topological polar surface area (TPSA) is 68.5 Å². The molecule has 98 valence electrons. The van der Waals surface area contributed by atoms with Crippen molar-refractivity contribution < 1.29 is 0 Å². The molecule has 6 nitrogen and oxygen atoms in total. The Labute approximate surface area is 120 Å². The SMILES string of the molecule is C#CCSCCNc1nc(Cl)nc(-n2cccn2)n1.